The number of anilines is 1. The van der Waals surface area contributed by atoms with Crippen LogP contribution in [0.1, 0.15) is 53.6 Å². The average Bonchev–Trinajstić information content (AvgIpc) is 3.27. The van der Waals surface area contributed by atoms with Crippen molar-refractivity contribution in [1.82, 2.24) is 4.90 Å². The van der Waals surface area contributed by atoms with Crippen molar-refractivity contribution in [2.24, 2.45) is 0 Å². The molecule has 0 atom stereocenters. The number of halogens is 1. The molecule has 0 saturated carbocycles. The van der Waals surface area contributed by atoms with Gasteiger partial charge in [0.1, 0.15) is 5.60 Å². The number of hydrogen-bond donors (Lipinski definition) is 1. The molecule has 1 saturated heterocycles. The Morgan fingerprint density at radius 3 is 2.40 bits per heavy atom. The van der Waals surface area contributed by atoms with Crippen LogP contribution in [0.5, 0.6) is 5.75 Å². The number of carbonyl (C=O) groups excluding carboxylic acids is 3. The predicted molar refractivity (Wildman–Crippen MR) is 159 cm³/mol. The number of amides is 1. The Labute approximate surface area is 246 Å². The van der Waals surface area contributed by atoms with Crippen molar-refractivity contribution in [1.29, 1.82) is 0 Å². The van der Waals surface area contributed by atoms with E-state index in [0.717, 1.165) is 29.0 Å². The summed E-state index contributed by atoms with van der Waals surface area (Å²) in [6.45, 7) is 6.35. The lowest BCUT2D eigenvalue weighted by Gasteiger charge is -2.33. The number of benzene rings is 2. The maximum Gasteiger partial charge on any atom is 0.351 e. The van der Waals surface area contributed by atoms with E-state index in [4.69, 9.17) is 14.2 Å². The van der Waals surface area contributed by atoms with E-state index in [2.05, 4.69) is 21.2 Å². The second kappa shape index (κ2) is 12.9. The van der Waals surface area contributed by atoms with E-state index >= 15 is 0 Å². The maximum absolute atomic E-state index is 12.8. The van der Waals surface area contributed by atoms with Crippen LogP contribution in [-0.4, -0.2) is 61.2 Å². The monoisotopic (exact) mass is 628 g/mol. The topological polar surface area (TPSA) is 94.2 Å². The highest BCUT2D eigenvalue weighted by Crippen LogP contribution is 2.46. The summed E-state index contributed by atoms with van der Waals surface area (Å²) in [5, 5.41) is 3.59. The van der Waals surface area contributed by atoms with Crippen LogP contribution in [0.4, 0.5) is 5.69 Å². The maximum atomic E-state index is 12.8. The van der Waals surface area contributed by atoms with Gasteiger partial charge in [-0.25, -0.2) is 9.59 Å². The van der Waals surface area contributed by atoms with Crippen LogP contribution in [0.2, 0.25) is 0 Å². The van der Waals surface area contributed by atoms with E-state index in [-0.39, 0.29) is 29.2 Å². The molecule has 0 aliphatic carbocycles. The lowest BCUT2D eigenvalue weighted by molar-refractivity contribution is -0.157. The van der Waals surface area contributed by atoms with Gasteiger partial charge in [-0.3, -0.25) is 4.79 Å². The first-order valence-electron chi connectivity index (χ1n) is 13.0. The smallest absolute Gasteiger partial charge is 0.351 e. The summed E-state index contributed by atoms with van der Waals surface area (Å²) >= 11 is 4.80. The van der Waals surface area contributed by atoms with E-state index in [1.54, 1.807) is 20.8 Å². The summed E-state index contributed by atoms with van der Waals surface area (Å²) in [7, 11) is 1.30. The molecule has 1 aliphatic rings. The lowest BCUT2D eigenvalue weighted by Crippen LogP contribution is -2.42. The fourth-order valence-corrected chi connectivity index (χ4v) is 6.38. The molecule has 4 rings (SSSR count). The van der Waals surface area contributed by atoms with Crippen LogP contribution in [0.25, 0.3) is 10.4 Å². The Balaban J connectivity index is 1.45. The number of methoxy groups -OCH3 is 1. The number of ether oxygens (including phenoxy) is 3. The minimum absolute atomic E-state index is 0.0645. The van der Waals surface area contributed by atoms with E-state index in [1.807, 2.05) is 59.5 Å². The van der Waals surface area contributed by atoms with Gasteiger partial charge in [0.15, 0.2) is 17.2 Å². The molecule has 0 unspecified atom stereocenters. The molecule has 2 heterocycles. The van der Waals surface area contributed by atoms with Crippen molar-refractivity contribution in [3.63, 3.8) is 0 Å². The molecule has 40 heavy (non-hydrogen) atoms. The molecular weight excluding hydrogens is 596 g/mol. The minimum atomic E-state index is -0.649. The summed E-state index contributed by atoms with van der Waals surface area (Å²) in [6.07, 6.45) is 1.67. The van der Waals surface area contributed by atoms with Gasteiger partial charge in [-0.1, -0.05) is 30.3 Å². The van der Waals surface area contributed by atoms with Gasteiger partial charge in [-0.15, -0.1) is 11.3 Å². The van der Waals surface area contributed by atoms with Crippen molar-refractivity contribution in [2.45, 2.75) is 45.3 Å². The molecule has 1 amide bonds. The zero-order valence-corrected chi connectivity index (χ0v) is 25.4. The summed E-state index contributed by atoms with van der Waals surface area (Å²) < 4.78 is 16.6. The van der Waals surface area contributed by atoms with Crippen molar-refractivity contribution in [2.75, 3.05) is 32.1 Å². The molecule has 0 radical (unpaired) electrons. The zero-order valence-electron chi connectivity index (χ0n) is 23.0. The van der Waals surface area contributed by atoms with Crippen molar-refractivity contribution >= 4 is 50.8 Å². The SMILES string of the molecule is COC(=O)c1sc(-c2cccc(NC3CCN(C(=O)c4ccccc4)CC3)c2)c(Br)c1OCC(=O)OC(C)(C)C. The molecule has 0 bridgehead atoms. The molecule has 3 aromatic rings. The van der Waals surface area contributed by atoms with Crippen molar-refractivity contribution in [3.8, 4) is 16.2 Å². The number of nitrogens with zero attached hydrogens (tertiary/aromatic N) is 1. The number of nitrogens with one attached hydrogen (secondary N) is 1. The van der Waals surface area contributed by atoms with E-state index in [0.29, 0.717) is 23.1 Å². The van der Waals surface area contributed by atoms with Crippen LogP contribution in [0, 0.1) is 0 Å². The number of hydrogen-bond acceptors (Lipinski definition) is 8. The molecule has 212 valence electrons. The third-order valence-electron chi connectivity index (χ3n) is 6.23. The van der Waals surface area contributed by atoms with Gasteiger partial charge in [-0.05, 0) is 79.4 Å². The van der Waals surface area contributed by atoms with Crippen molar-refractivity contribution in [3.05, 3.63) is 69.5 Å². The number of esters is 2. The van der Waals surface area contributed by atoms with E-state index in [1.165, 1.54) is 18.4 Å². The molecule has 1 aromatic heterocycles. The quantitative estimate of drug-likeness (QED) is 0.288. The van der Waals surface area contributed by atoms with Crippen molar-refractivity contribution < 1.29 is 28.6 Å². The van der Waals surface area contributed by atoms with Gasteiger partial charge in [0, 0.05) is 30.4 Å². The summed E-state index contributed by atoms with van der Waals surface area (Å²) in [5.74, 6) is -0.783. The molecule has 2 aromatic carbocycles. The van der Waals surface area contributed by atoms with Crippen LogP contribution in [-0.2, 0) is 14.3 Å². The average molecular weight is 630 g/mol. The van der Waals surface area contributed by atoms with E-state index < -0.39 is 17.5 Å². The number of likely N-dealkylation sites (tertiary alicyclic amines) is 1. The molecule has 1 aliphatic heterocycles. The largest absolute Gasteiger partial charge is 0.479 e. The summed E-state index contributed by atoms with van der Waals surface area (Å²) in [6, 6.07) is 17.5. The predicted octanol–water partition coefficient (Wildman–Crippen LogP) is 6.40. The Morgan fingerprint density at radius 1 is 1.05 bits per heavy atom. The third kappa shape index (κ3) is 7.42. The first-order valence-corrected chi connectivity index (χ1v) is 14.6. The number of carbonyl (C=O) groups is 3. The minimum Gasteiger partial charge on any atom is -0.479 e. The highest BCUT2D eigenvalue weighted by molar-refractivity contribution is 9.10. The Kier molecular flexibility index (Phi) is 9.52. The first kappa shape index (κ1) is 29.6. The highest BCUT2D eigenvalue weighted by atomic mass is 79.9. The highest BCUT2D eigenvalue weighted by Gasteiger charge is 2.27. The Morgan fingerprint density at radius 2 is 1.75 bits per heavy atom. The van der Waals surface area contributed by atoms with Crippen LogP contribution in [0.15, 0.2) is 59.1 Å². The van der Waals surface area contributed by atoms with Gasteiger partial charge in [-0.2, -0.15) is 0 Å². The third-order valence-corrected chi connectivity index (χ3v) is 8.45. The standard InChI is InChI=1S/C30H33BrN2O6S/c1-30(2,3)39-23(34)18-38-25-24(31)26(40-27(25)29(36)37-4)20-11-8-12-22(17-20)32-21-13-15-33(16-14-21)28(35)19-9-6-5-7-10-19/h5-12,17,21,32H,13-16,18H2,1-4H3. The van der Waals surface area contributed by atoms with Gasteiger partial charge in [0.05, 0.1) is 16.5 Å². The number of thiophene rings is 1. The second-order valence-electron chi connectivity index (χ2n) is 10.4. The first-order chi connectivity index (χ1) is 19.1. The molecular formula is C30H33BrN2O6S. The summed E-state index contributed by atoms with van der Waals surface area (Å²) in [4.78, 5) is 40.5. The number of rotatable bonds is 8. The zero-order chi connectivity index (χ0) is 28.9. The van der Waals surface area contributed by atoms with Gasteiger partial charge < -0.3 is 24.4 Å². The van der Waals surface area contributed by atoms with Crippen LogP contribution in [0.3, 0.4) is 0 Å². The molecule has 1 N–H and O–H groups in total. The molecule has 10 heteroatoms. The Bertz CT molecular complexity index is 1360. The molecule has 1 fully saturated rings. The fourth-order valence-electron chi connectivity index (χ4n) is 4.42. The van der Waals surface area contributed by atoms with Crippen LogP contribution < -0.4 is 10.1 Å². The molecule has 8 nitrogen and oxygen atoms in total. The number of piperidine rings is 1. The molecule has 0 spiro atoms. The van der Waals surface area contributed by atoms with Gasteiger partial charge in [0.2, 0.25) is 0 Å². The van der Waals surface area contributed by atoms with Gasteiger partial charge >= 0.3 is 11.9 Å². The van der Waals surface area contributed by atoms with Crippen LogP contribution >= 0.6 is 27.3 Å². The van der Waals surface area contributed by atoms with Gasteiger partial charge in [0.25, 0.3) is 5.91 Å². The van der Waals surface area contributed by atoms with E-state index in [9.17, 15) is 14.4 Å². The lowest BCUT2D eigenvalue weighted by atomic mass is 10.0. The normalized spacial score (nSPS) is 14.0. The fraction of sp³-hybridized carbons (Fsp3) is 0.367. The summed E-state index contributed by atoms with van der Waals surface area (Å²) in [5.41, 5.74) is 1.87. The second-order valence-corrected chi connectivity index (χ2v) is 12.2. The Hall–Kier alpha value is -3.37.